The smallest absolute Gasteiger partial charge is 0.229 e. The van der Waals surface area contributed by atoms with E-state index in [1.54, 1.807) is 6.92 Å². The fourth-order valence-electron chi connectivity index (χ4n) is 4.04. The van der Waals surface area contributed by atoms with Crippen molar-refractivity contribution in [1.82, 2.24) is 10.5 Å². The van der Waals surface area contributed by atoms with Gasteiger partial charge < -0.3 is 9.84 Å². The van der Waals surface area contributed by atoms with E-state index in [0.29, 0.717) is 17.2 Å². The summed E-state index contributed by atoms with van der Waals surface area (Å²) in [6.45, 7) is 3.93. The molecular weight excluding hydrogens is 276 g/mol. The van der Waals surface area contributed by atoms with E-state index in [0.717, 1.165) is 11.8 Å². The first-order valence-electron chi connectivity index (χ1n) is 7.44. The summed E-state index contributed by atoms with van der Waals surface area (Å²) >= 11 is 5.90. The molecule has 0 aromatic carbocycles. The summed E-state index contributed by atoms with van der Waals surface area (Å²) in [5.41, 5.74) is 1.39. The van der Waals surface area contributed by atoms with Crippen molar-refractivity contribution in [2.45, 2.75) is 52.0 Å². The Morgan fingerprint density at radius 1 is 1.50 bits per heavy atom. The van der Waals surface area contributed by atoms with Gasteiger partial charge in [0.15, 0.2) is 0 Å². The monoisotopic (exact) mass is 296 g/mol. The molecule has 5 heteroatoms. The molecule has 3 rings (SSSR count). The highest BCUT2D eigenvalue weighted by molar-refractivity contribution is 6.29. The van der Waals surface area contributed by atoms with Crippen molar-refractivity contribution in [3.63, 3.8) is 0 Å². The van der Waals surface area contributed by atoms with Crippen molar-refractivity contribution >= 4 is 17.5 Å². The van der Waals surface area contributed by atoms with E-state index in [1.165, 1.54) is 25.7 Å². The molecule has 2 aliphatic rings. The van der Waals surface area contributed by atoms with Crippen molar-refractivity contribution in [2.24, 2.45) is 17.8 Å². The molecule has 0 unspecified atom stereocenters. The van der Waals surface area contributed by atoms with Gasteiger partial charge in [0.25, 0.3) is 0 Å². The first kappa shape index (κ1) is 13.9. The van der Waals surface area contributed by atoms with Crippen LogP contribution in [0.2, 0.25) is 5.22 Å². The number of fused-ring (bicyclic) bond motifs is 2. The lowest BCUT2D eigenvalue weighted by Crippen LogP contribution is -2.40. The van der Waals surface area contributed by atoms with Crippen LogP contribution in [0.5, 0.6) is 0 Å². The molecular formula is C15H21ClN2O2. The molecule has 110 valence electrons. The quantitative estimate of drug-likeness (QED) is 0.929. The van der Waals surface area contributed by atoms with Gasteiger partial charge in [-0.05, 0) is 62.5 Å². The van der Waals surface area contributed by atoms with Gasteiger partial charge in [-0.15, -0.1) is 0 Å². The van der Waals surface area contributed by atoms with Crippen LogP contribution in [0.4, 0.5) is 0 Å². The number of carbonyl (C=O) groups excluding carboxylic acids is 1. The van der Waals surface area contributed by atoms with Gasteiger partial charge in [-0.1, -0.05) is 11.6 Å². The van der Waals surface area contributed by atoms with Crippen LogP contribution in [0.3, 0.4) is 0 Å². The van der Waals surface area contributed by atoms with Crippen molar-refractivity contribution in [3.05, 3.63) is 16.5 Å². The molecule has 2 saturated carbocycles. The minimum atomic E-state index is 0.00785. The highest BCUT2D eigenvalue weighted by atomic mass is 35.5. The van der Waals surface area contributed by atoms with Crippen LogP contribution in [-0.2, 0) is 11.2 Å². The first-order valence-corrected chi connectivity index (χ1v) is 7.82. The Morgan fingerprint density at radius 3 is 2.85 bits per heavy atom. The van der Waals surface area contributed by atoms with Crippen molar-refractivity contribution in [3.8, 4) is 0 Å². The largest absolute Gasteiger partial charge is 0.353 e. The van der Waals surface area contributed by atoms with E-state index < -0.39 is 0 Å². The molecule has 4 nitrogen and oxygen atoms in total. The summed E-state index contributed by atoms with van der Waals surface area (Å²) in [4.78, 5) is 12.1. The zero-order valence-corrected chi connectivity index (χ0v) is 12.7. The van der Waals surface area contributed by atoms with Crippen LogP contribution in [0.15, 0.2) is 4.52 Å². The van der Waals surface area contributed by atoms with E-state index in [1.807, 2.05) is 0 Å². The van der Waals surface area contributed by atoms with Crippen molar-refractivity contribution in [2.75, 3.05) is 0 Å². The molecule has 0 aliphatic heterocycles. The summed E-state index contributed by atoms with van der Waals surface area (Å²) in [5.74, 6) is 2.38. The lowest BCUT2D eigenvalue weighted by molar-refractivity contribution is -0.121. The lowest BCUT2D eigenvalue weighted by Gasteiger charge is -2.28. The number of nitrogens with one attached hydrogen (secondary N) is 1. The van der Waals surface area contributed by atoms with E-state index in [4.69, 9.17) is 16.1 Å². The Hall–Kier alpha value is -1.03. The molecule has 1 aromatic heterocycles. The van der Waals surface area contributed by atoms with Gasteiger partial charge in [0.1, 0.15) is 0 Å². The number of amides is 1. The van der Waals surface area contributed by atoms with Gasteiger partial charge >= 0.3 is 0 Å². The summed E-state index contributed by atoms with van der Waals surface area (Å²) in [5, 5.41) is 7.13. The Bertz CT molecular complexity index is 494. The molecule has 2 bridgehead atoms. The Morgan fingerprint density at radius 2 is 2.30 bits per heavy atom. The number of hydrogen-bond acceptors (Lipinski definition) is 3. The second-order valence-electron chi connectivity index (χ2n) is 6.39. The normalized spacial score (nSPS) is 29.6. The van der Waals surface area contributed by atoms with Crippen LogP contribution in [0.25, 0.3) is 0 Å². The van der Waals surface area contributed by atoms with E-state index in [-0.39, 0.29) is 23.6 Å². The third-order valence-electron chi connectivity index (χ3n) is 5.10. The summed E-state index contributed by atoms with van der Waals surface area (Å²) in [6, 6.07) is 0.247. The van der Waals surface area contributed by atoms with E-state index in [2.05, 4.69) is 17.4 Å². The van der Waals surface area contributed by atoms with Crippen LogP contribution >= 0.6 is 11.6 Å². The molecule has 0 spiro atoms. The van der Waals surface area contributed by atoms with Crippen molar-refractivity contribution in [1.29, 1.82) is 0 Å². The fourth-order valence-corrected chi connectivity index (χ4v) is 4.28. The van der Waals surface area contributed by atoms with Gasteiger partial charge in [-0.25, -0.2) is 0 Å². The van der Waals surface area contributed by atoms with E-state index >= 15 is 0 Å². The number of nitrogens with zero attached hydrogens (tertiary/aromatic N) is 1. The number of aryl methyl sites for hydroxylation is 1. The fraction of sp³-hybridized carbons (Fsp3) is 0.733. The number of rotatable bonds is 4. The second-order valence-corrected chi connectivity index (χ2v) is 6.74. The van der Waals surface area contributed by atoms with E-state index in [9.17, 15) is 4.79 Å². The maximum Gasteiger partial charge on any atom is 0.229 e. The predicted octanol–water partition coefficient (Wildman–Crippen LogP) is 3.12. The highest BCUT2D eigenvalue weighted by Crippen LogP contribution is 2.49. The summed E-state index contributed by atoms with van der Waals surface area (Å²) in [7, 11) is 0. The van der Waals surface area contributed by atoms with Gasteiger partial charge in [0.05, 0.1) is 12.1 Å². The Balaban J connectivity index is 1.56. The number of halogens is 1. The van der Waals surface area contributed by atoms with Gasteiger partial charge in [0, 0.05) is 11.6 Å². The minimum Gasteiger partial charge on any atom is -0.353 e. The van der Waals surface area contributed by atoms with Crippen LogP contribution in [0, 0.1) is 24.7 Å². The minimum absolute atomic E-state index is 0.00785. The third-order valence-corrected chi connectivity index (χ3v) is 5.39. The van der Waals surface area contributed by atoms with Gasteiger partial charge in [0.2, 0.25) is 11.1 Å². The van der Waals surface area contributed by atoms with Crippen LogP contribution in [-0.4, -0.2) is 17.1 Å². The van der Waals surface area contributed by atoms with Crippen LogP contribution in [0.1, 0.15) is 43.9 Å². The molecule has 2 fully saturated rings. The molecule has 4 atom stereocenters. The second kappa shape index (κ2) is 5.40. The molecule has 1 heterocycles. The highest BCUT2D eigenvalue weighted by Gasteiger charge is 2.42. The van der Waals surface area contributed by atoms with Gasteiger partial charge in [-0.2, -0.15) is 0 Å². The predicted molar refractivity (Wildman–Crippen MR) is 76.5 cm³/mol. The molecule has 2 aliphatic carbocycles. The standard InChI is InChI=1S/C15H21ClN2O2/c1-8(12-6-10-3-4-11(12)5-10)17-14(19)7-13-9(2)18-20-15(13)16/h8,10-12H,3-7H2,1-2H3,(H,17,19)/t8-,10+,11+,12+/m1/s1. The number of hydrogen-bond donors (Lipinski definition) is 1. The Kier molecular flexibility index (Phi) is 3.76. The zero-order chi connectivity index (χ0) is 14.3. The van der Waals surface area contributed by atoms with Crippen molar-refractivity contribution < 1.29 is 9.32 Å². The number of carbonyl (C=O) groups is 1. The molecule has 20 heavy (non-hydrogen) atoms. The molecule has 1 aromatic rings. The third kappa shape index (κ3) is 2.58. The molecule has 1 N–H and O–H groups in total. The molecule has 0 saturated heterocycles. The SMILES string of the molecule is Cc1noc(Cl)c1CC(=O)N[C@H](C)[C@@H]1C[C@H]2CC[C@H]1C2. The average Bonchev–Trinajstić information content (AvgIpc) is 3.10. The first-order chi connectivity index (χ1) is 9.54. The summed E-state index contributed by atoms with van der Waals surface area (Å²) < 4.78 is 4.88. The number of aromatic nitrogens is 1. The molecule has 1 amide bonds. The topological polar surface area (TPSA) is 55.1 Å². The zero-order valence-electron chi connectivity index (χ0n) is 12.0. The maximum absolute atomic E-state index is 12.1. The molecule has 0 radical (unpaired) electrons. The summed E-state index contributed by atoms with van der Waals surface area (Å²) in [6.07, 6.45) is 5.61. The Labute approximate surface area is 124 Å². The van der Waals surface area contributed by atoms with Crippen LogP contribution < -0.4 is 5.32 Å². The maximum atomic E-state index is 12.1. The average molecular weight is 297 g/mol. The van der Waals surface area contributed by atoms with Gasteiger partial charge in [-0.3, -0.25) is 4.79 Å². The lowest BCUT2D eigenvalue weighted by atomic mass is 9.84.